The summed E-state index contributed by atoms with van der Waals surface area (Å²) < 4.78 is 1.53. The van der Waals surface area contributed by atoms with E-state index >= 15 is 0 Å². The first-order valence-electron chi connectivity index (χ1n) is 9.13. The van der Waals surface area contributed by atoms with Gasteiger partial charge in [0.25, 0.3) is 5.56 Å². The fourth-order valence-corrected chi connectivity index (χ4v) is 3.75. The third-order valence-electron chi connectivity index (χ3n) is 5.19. The molecular weight excluding hydrogens is 316 g/mol. The van der Waals surface area contributed by atoms with Crippen LogP contribution in [0.5, 0.6) is 0 Å². The van der Waals surface area contributed by atoms with Crippen molar-refractivity contribution >= 4 is 5.82 Å². The highest BCUT2D eigenvalue weighted by atomic mass is 16.1. The van der Waals surface area contributed by atoms with Crippen molar-refractivity contribution in [1.29, 1.82) is 0 Å². The Kier molecular flexibility index (Phi) is 4.74. The zero-order valence-electron chi connectivity index (χ0n) is 14.5. The topological polar surface area (TPSA) is 67.2 Å². The van der Waals surface area contributed by atoms with Crippen LogP contribution in [-0.4, -0.2) is 57.4 Å². The van der Waals surface area contributed by atoms with Crippen LogP contribution in [0.3, 0.4) is 0 Å². The summed E-state index contributed by atoms with van der Waals surface area (Å²) in [6, 6.07) is 3.24. The van der Waals surface area contributed by atoms with Crippen molar-refractivity contribution in [1.82, 2.24) is 24.6 Å². The molecule has 2 aromatic heterocycles. The fourth-order valence-electron chi connectivity index (χ4n) is 3.75. The van der Waals surface area contributed by atoms with Gasteiger partial charge >= 0.3 is 0 Å². The summed E-state index contributed by atoms with van der Waals surface area (Å²) >= 11 is 0. The van der Waals surface area contributed by atoms with Crippen LogP contribution in [0.25, 0.3) is 0 Å². The minimum atomic E-state index is -0.0336. The number of nitrogens with zero attached hydrogens (tertiary/aromatic N) is 6. The van der Waals surface area contributed by atoms with Gasteiger partial charge in [-0.15, -0.1) is 0 Å². The molecule has 3 heterocycles. The number of aryl methyl sites for hydroxylation is 1. The van der Waals surface area contributed by atoms with Gasteiger partial charge in [-0.05, 0) is 31.7 Å². The van der Waals surface area contributed by atoms with Crippen LogP contribution in [-0.2, 0) is 19.4 Å². The SMILES string of the molecule is O=c1cccnn1CCN1CCN(c2ncnc3c2CCCC3)CC1. The Hall–Kier alpha value is -2.28. The van der Waals surface area contributed by atoms with Crippen LogP contribution in [0, 0.1) is 0 Å². The molecule has 1 aliphatic carbocycles. The Morgan fingerprint density at radius 2 is 1.84 bits per heavy atom. The molecule has 1 saturated heterocycles. The normalized spacial score (nSPS) is 18.2. The minimum absolute atomic E-state index is 0.0336. The van der Waals surface area contributed by atoms with Crippen LogP contribution in [0.2, 0.25) is 0 Å². The smallest absolute Gasteiger partial charge is 0.266 e. The van der Waals surface area contributed by atoms with E-state index in [1.807, 2.05) is 0 Å². The van der Waals surface area contributed by atoms with E-state index in [9.17, 15) is 4.79 Å². The number of anilines is 1. The molecule has 0 spiro atoms. The second-order valence-corrected chi connectivity index (χ2v) is 6.74. The van der Waals surface area contributed by atoms with Gasteiger partial charge in [-0.3, -0.25) is 9.69 Å². The van der Waals surface area contributed by atoms with Crippen molar-refractivity contribution in [2.45, 2.75) is 32.2 Å². The Morgan fingerprint density at radius 1 is 1.00 bits per heavy atom. The zero-order valence-corrected chi connectivity index (χ0v) is 14.5. The van der Waals surface area contributed by atoms with E-state index in [-0.39, 0.29) is 5.56 Å². The van der Waals surface area contributed by atoms with Gasteiger partial charge in [0, 0.05) is 56.2 Å². The van der Waals surface area contributed by atoms with Crippen molar-refractivity contribution in [3.05, 3.63) is 46.3 Å². The molecule has 0 saturated carbocycles. The van der Waals surface area contributed by atoms with Crippen molar-refractivity contribution < 1.29 is 0 Å². The summed E-state index contributed by atoms with van der Waals surface area (Å²) in [4.78, 5) is 25.6. The lowest BCUT2D eigenvalue weighted by Crippen LogP contribution is -2.48. The zero-order chi connectivity index (χ0) is 17.1. The highest BCUT2D eigenvalue weighted by molar-refractivity contribution is 5.50. The number of rotatable bonds is 4. The van der Waals surface area contributed by atoms with Crippen molar-refractivity contribution in [2.24, 2.45) is 0 Å². The van der Waals surface area contributed by atoms with E-state index in [1.165, 1.54) is 28.8 Å². The highest BCUT2D eigenvalue weighted by Gasteiger charge is 2.23. The standard InChI is InChI=1S/C18H24N6O/c25-17-6-3-7-21-24(17)13-10-22-8-11-23(12-9-22)18-15-4-1-2-5-16(15)19-14-20-18/h3,6-7,14H,1-2,4-5,8-13H2. The van der Waals surface area contributed by atoms with E-state index in [1.54, 1.807) is 24.7 Å². The lowest BCUT2D eigenvalue weighted by atomic mass is 9.96. The Morgan fingerprint density at radius 3 is 2.68 bits per heavy atom. The van der Waals surface area contributed by atoms with E-state index in [2.05, 4.69) is 24.9 Å². The van der Waals surface area contributed by atoms with E-state index in [0.717, 1.165) is 51.4 Å². The molecule has 4 rings (SSSR count). The second-order valence-electron chi connectivity index (χ2n) is 6.74. The molecule has 0 radical (unpaired) electrons. The Bertz CT molecular complexity index is 781. The van der Waals surface area contributed by atoms with Gasteiger partial charge in [0.1, 0.15) is 12.1 Å². The molecule has 0 N–H and O–H groups in total. The van der Waals surface area contributed by atoms with Crippen molar-refractivity contribution in [2.75, 3.05) is 37.6 Å². The Labute approximate surface area is 147 Å². The van der Waals surface area contributed by atoms with Crippen LogP contribution >= 0.6 is 0 Å². The molecule has 7 heteroatoms. The number of hydrogen-bond donors (Lipinski definition) is 0. The summed E-state index contributed by atoms with van der Waals surface area (Å²) in [6.07, 6.45) is 8.06. The van der Waals surface area contributed by atoms with Crippen LogP contribution < -0.4 is 10.5 Å². The number of piperazine rings is 1. The monoisotopic (exact) mass is 340 g/mol. The third kappa shape index (κ3) is 3.56. The van der Waals surface area contributed by atoms with Crippen LogP contribution in [0.15, 0.2) is 29.5 Å². The molecule has 0 aromatic carbocycles. The van der Waals surface area contributed by atoms with E-state index in [4.69, 9.17) is 0 Å². The van der Waals surface area contributed by atoms with Gasteiger partial charge in [-0.25, -0.2) is 14.6 Å². The van der Waals surface area contributed by atoms with E-state index in [0.29, 0.717) is 6.54 Å². The minimum Gasteiger partial charge on any atom is -0.354 e. The van der Waals surface area contributed by atoms with Gasteiger partial charge < -0.3 is 4.90 Å². The number of aromatic nitrogens is 4. The molecule has 0 bridgehead atoms. The maximum Gasteiger partial charge on any atom is 0.266 e. The summed E-state index contributed by atoms with van der Waals surface area (Å²) in [6.45, 7) is 5.41. The maximum absolute atomic E-state index is 11.7. The van der Waals surface area contributed by atoms with Gasteiger partial charge in [0.15, 0.2) is 0 Å². The Balaban J connectivity index is 1.36. The average molecular weight is 340 g/mol. The number of hydrogen-bond acceptors (Lipinski definition) is 6. The molecule has 1 fully saturated rings. The van der Waals surface area contributed by atoms with Gasteiger partial charge in [-0.2, -0.15) is 5.10 Å². The predicted octanol–water partition coefficient (Wildman–Crippen LogP) is 0.734. The average Bonchev–Trinajstić information content (AvgIpc) is 2.67. The molecule has 132 valence electrons. The molecule has 7 nitrogen and oxygen atoms in total. The summed E-state index contributed by atoms with van der Waals surface area (Å²) in [5.41, 5.74) is 2.57. The quantitative estimate of drug-likeness (QED) is 0.818. The largest absolute Gasteiger partial charge is 0.354 e. The van der Waals surface area contributed by atoms with Gasteiger partial charge in [0.2, 0.25) is 0 Å². The summed E-state index contributed by atoms with van der Waals surface area (Å²) in [7, 11) is 0. The van der Waals surface area contributed by atoms with Crippen molar-refractivity contribution in [3.63, 3.8) is 0 Å². The molecule has 0 amide bonds. The fraction of sp³-hybridized carbons (Fsp3) is 0.556. The molecule has 0 unspecified atom stereocenters. The number of fused-ring (bicyclic) bond motifs is 1. The van der Waals surface area contributed by atoms with Gasteiger partial charge in [0.05, 0.1) is 6.54 Å². The molecular formula is C18H24N6O. The molecule has 25 heavy (non-hydrogen) atoms. The molecule has 0 atom stereocenters. The summed E-state index contributed by atoms with van der Waals surface area (Å²) in [5.74, 6) is 1.14. The molecule has 1 aliphatic heterocycles. The maximum atomic E-state index is 11.7. The lowest BCUT2D eigenvalue weighted by molar-refractivity contribution is 0.242. The van der Waals surface area contributed by atoms with E-state index < -0.39 is 0 Å². The van der Waals surface area contributed by atoms with Gasteiger partial charge in [-0.1, -0.05) is 0 Å². The first-order valence-corrected chi connectivity index (χ1v) is 9.13. The van der Waals surface area contributed by atoms with Crippen LogP contribution in [0.1, 0.15) is 24.1 Å². The highest BCUT2D eigenvalue weighted by Crippen LogP contribution is 2.27. The van der Waals surface area contributed by atoms with Crippen LogP contribution in [0.4, 0.5) is 5.82 Å². The first kappa shape index (κ1) is 16.2. The molecule has 2 aromatic rings. The molecule has 2 aliphatic rings. The lowest BCUT2D eigenvalue weighted by Gasteiger charge is -2.36. The van der Waals surface area contributed by atoms with Crippen molar-refractivity contribution in [3.8, 4) is 0 Å². The predicted molar refractivity (Wildman–Crippen MR) is 95.8 cm³/mol. The third-order valence-corrected chi connectivity index (χ3v) is 5.19. The first-order chi connectivity index (χ1) is 12.3. The summed E-state index contributed by atoms with van der Waals surface area (Å²) in [5, 5.41) is 4.12. The second kappa shape index (κ2) is 7.31.